The first-order valence-electron chi connectivity index (χ1n) is 2.74. The molecule has 11 heavy (non-hydrogen) atoms. The zero-order valence-electron chi connectivity index (χ0n) is 5.57. The van der Waals surface area contributed by atoms with E-state index in [4.69, 9.17) is 15.6 Å². The monoisotopic (exact) mass is 157 g/mol. The molecule has 0 saturated heterocycles. The van der Waals surface area contributed by atoms with E-state index in [-0.39, 0.29) is 6.42 Å². The lowest BCUT2D eigenvalue weighted by Gasteiger charge is -1.88. The first-order valence-corrected chi connectivity index (χ1v) is 2.74. The average molecular weight is 157 g/mol. The number of rotatable bonds is 4. The molecule has 0 aliphatic heterocycles. The van der Waals surface area contributed by atoms with E-state index < -0.39 is 17.7 Å². The Labute approximate surface area is 62.5 Å². The third kappa shape index (κ3) is 4.83. The fourth-order valence-electron chi connectivity index (χ4n) is 0.365. The summed E-state index contributed by atoms with van der Waals surface area (Å²) in [6.45, 7) is 0. The fraction of sp³-hybridized carbons (Fsp3) is 0.167. The van der Waals surface area contributed by atoms with Gasteiger partial charge in [-0.1, -0.05) is 6.08 Å². The lowest BCUT2D eigenvalue weighted by Crippen LogP contribution is -2.09. The Bertz CT molecular complexity index is 219. The Morgan fingerprint density at radius 2 is 1.91 bits per heavy atom. The van der Waals surface area contributed by atoms with Gasteiger partial charge in [0.05, 0.1) is 0 Å². The molecule has 0 fully saturated rings. The minimum atomic E-state index is -1.33. The van der Waals surface area contributed by atoms with E-state index in [0.717, 1.165) is 12.2 Å². The van der Waals surface area contributed by atoms with Gasteiger partial charge in [0, 0.05) is 12.5 Å². The number of hydrogen-bond acceptors (Lipinski definition) is 3. The van der Waals surface area contributed by atoms with Crippen LogP contribution in [-0.2, 0) is 9.59 Å². The lowest BCUT2D eigenvalue weighted by atomic mass is 10.2. The molecular weight excluding hydrogens is 150 g/mol. The largest absolute Gasteiger partial charge is 0.478 e. The van der Waals surface area contributed by atoms with Gasteiger partial charge in [-0.05, 0) is 0 Å². The van der Waals surface area contributed by atoms with Crippen molar-refractivity contribution in [2.24, 2.45) is 0 Å². The maximum absolute atomic E-state index is 9.97. The third-order valence-corrected chi connectivity index (χ3v) is 0.841. The number of nitrogens with one attached hydrogen (secondary N) is 1. The van der Waals surface area contributed by atoms with E-state index in [1.54, 1.807) is 0 Å². The highest BCUT2D eigenvalue weighted by Crippen LogP contribution is 1.86. The van der Waals surface area contributed by atoms with Crippen molar-refractivity contribution in [3.05, 3.63) is 12.2 Å². The van der Waals surface area contributed by atoms with E-state index in [0.29, 0.717) is 0 Å². The van der Waals surface area contributed by atoms with Crippen LogP contribution in [0.3, 0.4) is 0 Å². The summed E-state index contributed by atoms with van der Waals surface area (Å²) in [7, 11) is 0. The molecular formula is C6H7NO4. The van der Waals surface area contributed by atoms with Crippen molar-refractivity contribution >= 4 is 17.7 Å². The molecule has 5 heteroatoms. The molecule has 0 unspecified atom stereocenters. The summed E-state index contributed by atoms with van der Waals surface area (Å²) in [4.78, 5) is 19.8. The summed E-state index contributed by atoms with van der Waals surface area (Å²) in [6, 6.07) is 0. The molecule has 0 heterocycles. The molecule has 5 nitrogen and oxygen atoms in total. The Balaban J connectivity index is 3.80. The maximum Gasteiger partial charge on any atom is 0.349 e. The van der Waals surface area contributed by atoms with Crippen LogP contribution in [0.5, 0.6) is 0 Å². The first kappa shape index (κ1) is 9.35. The predicted molar refractivity (Wildman–Crippen MR) is 36.8 cm³/mol. The van der Waals surface area contributed by atoms with Crippen molar-refractivity contribution < 1.29 is 19.8 Å². The van der Waals surface area contributed by atoms with Gasteiger partial charge in [-0.15, -0.1) is 0 Å². The van der Waals surface area contributed by atoms with Gasteiger partial charge in [-0.25, -0.2) is 9.59 Å². The van der Waals surface area contributed by atoms with Gasteiger partial charge < -0.3 is 10.2 Å². The summed E-state index contributed by atoms with van der Waals surface area (Å²) in [5.41, 5.74) is -0.525. The van der Waals surface area contributed by atoms with Crippen LogP contribution in [0.15, 0.2) is 12.2 Å². The predicted octanol–water partition coefficient (Wildman–Crippen LogP) is 0.122. The Morgan fingerprint density at radius 3 is 2.27 bits per heavy atom. The summed E-state index contributed by atoms with van der Waals surface area (Å²) in [6.07, 6.45) is 1.75. The molecule has 0 aromatic rings. The van der Waals surface area contributed by atoms with Crippen LogP contribution in [0.25, 0.3) is 0 Å². The Kier molecular flexibility index (Phi) is 3.58. The standard InChI is InChI=1S/C6H7NO4/c7-4(6(10)11)2-1-3-5(8)9/h1,3,7H,2H2,(H,8,9)(H,10,11). The third-order valence-electron chi connectivity index (χ3n) is 0.841. The van der Waals surface area contributed by atoms with Crippen molar-refractivity contribution in [3.8, 4) is 0 Å². The van der Waals surface area contributed by atoms with Crippen molar-refractivity contribution in [1.29, 1.82) is 5.41 Å². The van der Waals surface area contributed by atoms with Crippen molar-refractivity contribution in [2.75, 3.05) is 0 Å². The summed E-state index contributed by atoms with van der Waals surface area (Å²) in [5.74, 6) is -2.48. The van der Waals surface area contributed by atoms with E-state index in [1.807, 2.05) is 0 Å². The minimum absolute atomic E-state index is 0.165. The number of allylic oxidation sites excluding steroid dienone is 1. The minimum Gasteiger partial charge on any atom is -0.478 e. The van der Waals surface area contributed by atoms with Gasteiger partial charge in [0.1, 0.15) is 5.71 Å². The second-order valence-corrected chi connectivity index (χ2v) is 1.73. The topological polar surface area (TPSA) is 98.5 Å². The molecule has 0 rings (SSSR count). The van der Waals surface area contributed by atoms with Gasteiger partial charge in [0.25, 0.3) is 0 Å². The molecule has 0 amide bonds. The SMILES string of the molecule is N=C(CC=CC(=O)O)C(=O)O. The van der Waals surface area contributed by atoms with Gasteiger partial charge in [0.15, 0.2) is 0 Å². The van der Waals surface area contributed by atoms with E-state index >= 15 is 0 Å². The maximum atomic E-state index is 9.97. The zero-order valence-corrected chi connectivity index (χ0v) is 5.57. The highest BCUT2D eigenvalue weighted by Gasteiger charge is 2.02. The van der Waals surface area contributed by atoms with E-state index in [2.05, 4.69) is 0 Å². The average Bonchev–Trinajstić information content (AvgIpc) is 1.86. The van der Waals surface area contributed by atoms with Gasteiger partial charge >= 0.3 is 11.9 Å². The second-order valence-electron chi connectivity index (χ2n) is 1.73. The van der Waals surface area contributed by atoms with Crippen LogP contribution in [-0.4, -0.2) is 27.9 Å². The number of hydrogen-bond donors (Lipinski definition) is 3. The lowest BCUT2D eigenvalue weighted by molar-refractivity contribution is -0.132. The van der Waals surface area contributed by atoms with Gasteiger partial charge in [-0.2, -0.15) is 0 Å². The van der Waals surface area contributed by atoms with Crippen LogP contribution >= 0.6 is 0 Å². The quantitative estimate of drug-likeness (QED) is 0.398. The van der Waals surface area contributed by atoms with Crippen molar-refractivity contribution in [3.63, 3.8) is 0 Å². The van der Waals surface area contributed by atoms with E-state index in [9.17, 15) is 9.59 Å². The molecule has 0 aliphatic carbocycles. The Hall–Kier alpha value is -1.65. The first-order chi connectivity index (χ1) is 5.04. The number of aliphatic carboxylic acids is 2. The molecule has 60 valence electrons. The Morgan fingerprint density at radius 1 is 1.36 bits per heavy atom. The number of carboxylic acid groups (broad SMARTS) is 2. The van der Waals surface area contributed by atoms with Gasteiger partial charge in [0.2, 0.25) is 0 Å². The van der Waals surface area contributed by atoms with Crippen molar-refractivity contribution in [2.45, 2.75) is 6.42 Å². The molecule has 0 aromatic heterocycles. The summed E-state index contributed by atoms with van der Waals surface area (Å²) < 4.78 is 0. The van der Waals surface area contributed by atoms with E-state index in [1.165, 1.54) is 0 Å². The molecule has 0 saturated carbocycles. The van der Waals surface area contributed by atoms with Crippen LogP contribution in [0, 0.1) is 5.41 Å². The zero-order chi connectivity index (χ0) is 8.85. The normalized spacial score (nSPS) is 9.82. The highest BCUT2D eigenvalue weighted by molar-refractivity contribution is 6.34. The molecule has 0 spiro atoms. The molecule has 0 radical (unpaired) electrons. The highest BCUT2D eigenvalue weighted by atomic mass is 16.4. The van der Waals surface area contributed by atoms with Crippen LogP contribution < -0.4 is 0 Å². The molecule has 0 bridgehead atoms. The fourth-order valence-corrected chi connectivity index (χ4v) is 0.365. The molecule has 3 N–H and O–H groups in total. The summed E-state index contributed by atoms with van der Waals surface area (Å²) in [5, 5.41) is 22.9. The van der Waals surface area contributed by atoms with Crippen LogP contribution in [0.2, 0.25) is 0 Å². The molecule has 0 aliphatic rings. The van der Waals surface area contributed by atoms with Crippen LogP contribution in [0.4, 0.5) is 0 Å². The van der Waals surface area contributed by atoms with Crippen molar-refractivity contribution in [1.82, 2.24) is 0 Å². The van der Waals surface area contributed by atoms with Crippen LogP contribution in [0.1, 0.15) is 6.42 Å². The molecule has 0 aromatic carbocycles. The number of carboxylic acids is 2. The summed E-state index contributed by atoms with van der Waals surface area (Å²) >= 11 is 0. The number of carbonyl (C=O) groups is 2. The smallest absolute Gasteiger partial charge is 0.349 e. The molecule has 0 atom stereocenters. The van der Waals surface area contributed by atoms with Gasteiger partial charge in [-0.3, -0.25) is 5.41 Å². The second kappa shape index (κ2) is 4.21.